The van der Waals surface area contributed by atoms with E-state index in [0.717, 1.165) is 12.1 Å². The summed E-state index contributed by atoms with van der Waals surface area (Å²) < 4.78 is 97.5. The molecule has 2 N–H and O–H groups in total. The van der Waals surface area contributed by atoms with Crippen LogP contribution in [0.25, 0.3) is 17.1 Å². The fraction of sp³-hybridized carbons (Fsp3) is 0.227. The van der Waals surface area contributed by atoms with Gasteiger partial charge in [-0.15, -0.1) is 10.2 Å². The molecule has 0 aliphatic carbocycles. The van der Waals surface area contributed by atoms with Gasteiger partial charge in [-0.2, -0.15) is 26.3 Å². The molecule has 0 bridgehead atoms. The Morgan fingerprint density at radius 2 is 1.67 bits per heavy atom. The lowest BCUT2D eigenvalue weighted by Crippen LogP contribution is -2.40. The molecule has 2 aromatic carbocycles. The zero-order valence-electron chi connectivity index (χ0n) is 20.9. The van der Waals surface area contributed by atoms with Gasteiger partial charge < -0.3 is 24.6 Å². The number of phosphoric acid groups is 1. The van der Waals surface area contributed by atoms with Gasteiger partial charge in [0.2, 0.25) is 5.82 Å². The highest BCUT2D eigenvalue weighted by atomic mass is 35.5. The van der Waals surface area contributed by atoms with Gasteiger partial charge in [-0.3, -0.25) is 9.36 Å². The molecule has 13 nitrogen and oxygen atoms in total. The molecule has 43 heavy (non-hydrogen) atoms. The van der Waals surface area contributed by atoms with Crippen molar-refractivity contribution in [1.29, 1.82) is 0 Å². The predicted octanol–water partition coefficient (Wildman–Crippen LogP) is 1.89. The van der Waals surface area contributed by atoms with Crippen molar-refractivity contribution in [1.82, 2.24) is 29.1 Å². The minimum atomic E-state index is -6.20. The lowest BCUT2D eigenvalue weighted by Gasteiger charge is -2.34. The standard InChI is InChI=1S/C22H17ClF6N7O6P/c23-12-7-5-11(6-8-12)18-33-35(20(38)34(18)9-15(22(27,28)29)42-43(39,40)41)10-16-31-19(17(30)37)36(32-16)14-4-2-1-3-13(14)21(24,25)26/h1-8,15H,9-10H2,(H2,30,37)(H2,39,40,41)/p-2/t15-/m0/s1. The van der Waals surface area contributed by atoms with Gasteiger partial charge in [0.05, 0.1) is 25.6 Å². The summed E-state index contributed by atoms with van der Waals surface area (Å²) in [5, 5.41) is 7.97. The number of rotatable bonds is 9. The number of alkyl halides is 6. The molecule has 0 radical (unpaired) electrons. The first-order valence-corrected chi connectivity index (χ1v) is 13.3. The number of nitrogens with two attached hydrogens (primary N) is 1. The molecule has 4 aromatic rings. The first kappa shape index (κ1) is 31.9. The Morgan fingerprint density at radius 3 is 2.23 bits per heavy atom. The maximum absolute atomic E-state index is 13.6. The van der Waals surface area contributed by atoms with E-state index < -0.39 is 79.7 Å². The molecule has 0 saturated heterocycles. The van der Waals surface area contributed by atoms with E-state index in [9.17, 15) is 50.3 Å². The summed E-state index contributed by atoms with van der Waals surface area (Å²) in [6.45, 7) is -2.37. The zero-order valence-corrected chi connectivity index (χ0v) is 22.6. The van der Waals surface area contributed by atoms with E-state index in [4.69, 9.17) is 17.3 Å². The van der Waals surface area contributed by atoms with Crippen molar-refractivity contribution in [3.05, 3.63) is 81.3 Å². The SMILES string of the molecule is NC(=O)c1nc(Cn2nc(-c3ccc(Cl)cc3)n(C[C@H](OP(=O)([O-])[O-])C(F)(F)F)c2=O)nn1-c1ccccc1C(F)(F)F. The van der Waals surface area contributed by atoms with E-state index in [0.29, 0.717) is 20.0 Å². The summed E-state index contributed by atoms with van der Waals surface area (Å²) in [5.41, 5.74) is 2.08. The quantitative estimate of drug-likeness (QED) is 0.208. The number of phosphoric ester groups is 1. The third-order valence-corrected chi connectivity index (χ3v) is 6.36. The Morgan fingerprint density at radius 1 is 1.05 bits per heavy atom. The second kappa shape index (κ2) is 11.6. The van der Waals surface area contributed by atoms with Crippen LogP contribution in [-0.2, 0) is 28.4 Å². The monoisotopic (exact) mass is 653 g/mol. The second-order valence-corrected chi connectivity index (χ2v) is 10.1. The number of hydrogen-bond acceptors (Lipinski definition) is 9. The molecule has 21 heteroatoms. The summed E-state index contributed by atoms with van der Waals surface area (Å²) in [5.74, 6) is -3.07. The molecule has 0 unspecified atom stereocenters. The van der Waals surface area contributed by atoms with E-state index in [1.165, 1.54) is 30.3 Å². The zero-order chi connectivity index (χ0) is 31.9. The first-order valence-electron chi connectivity index (χ1n) is 11.5. The molecule has 2 heterocycles. The van der Waals surface area contributed by atoms with Gasteiger partial charge in [0.1, 0.15) is 6.54 Å². The van der Waals surface area contributed by atoms with Crippen LogP contribution in [0.1, 0.15) is 22.0 Å². The molecule has 230 valence electrons. The third kappa shape index (κ3) is 7.31. The normalized spacial score (nSPS) is 13.3. The molecular weight excluding hydrogens is 639 g/mol. The fourth-order valence-electron chi connectivity index (χ4n) is 3.82. The molecule has 0 spiro atoms. The lowest BCUT2D eigenvalue weighted by atomic mass is 10.1. The lowest BCUT2D eigenvalue weighted by molar-refractivity contribution is -0.354. The van der Waals surface area contributed by atoms with Crippen LogP contribution in [0.3, 0.4) is 0 Å². The molecule has 0 saturated carbocycles. The molecule has 0 aliphatic rings. The van der Waals surface area contributed by atoms with E-state index in [1.54, 1.807) is 0 Å². The van der Waals surface area contributed by atoms with Crippen LogP contribution in [0.4, 0.5) is 26.3 Å². The Hall–Kier alpha value is -4.03. The summed E-state index contributed by atoms with van der Waals surface area (Å²) in [7, 11) is -6.20. The van der Waals surface area contributed by atoms with E-state index in [1.807, 2.05) is 0 Å². The molecule has 1 atom stereocenters. The number of para-hydroxylation sites is 1. The third-order valence-electron chi connectivity index (χ3n) is 5.60. The van der Waals surface area contributed by atoms with Crippen molar-refractivity contribution in [3.8, 4) is 17.1 Å². The average molecular weight is 654 g/mol. The molecular formula is C22H15ClF6N7O6P-2. The Bertz CT molecular complexity index is 1760. The number of nitrogens with zero attached hydrogens (tertiary/aromatic N) is 6. The summed E-state index contributed by atoms with van der Waals surface area (Å²) in [6, 6.07) is 9.07. The average Bonchev–Trinajstić information content (AvgIpc) is 3.44. The summed E-state index contributed by atoms with van der Waals surface area (Å²) >= 11 is 5.84. The second-order valence-electron chi connectivity index (χ2n) is 8.61. The van der Waals surface area contributed by atoms with Crippen LogP contribution in [0.2, 0.25) is 5.02 Å². The van der Waals surface area contributed by atoms with Crippen LogP contribution >= 0.6 is 19.4 Å². The van der Waals surface area contributed by atoms with Gasteiger partial charge in [0, 0.05) is 10.6 Å². The van der Waals surface area contributed by atoms with Gasteiger partial charge in [-0.05, 0) is 36.4 Å². The van der Waals surface area contributed by atoms with E-state index >= 15 is 0 Å². The Kier molecular flexibility index (Phi) is 8.58. The van der Waals surface area contributed by atoms with E-state index in [-0.39, 0.29) is 10.6 Å². The number of hydrogen-bond donors (Lipinski definition) is 1. The number of halogens is 7. The number of benzene rings is 2. The fourth-order valence-corrected chi connectivity index (χ4v) is 4.44. The van der Waals surface area contributed by atoms with Gasteiger partial charge in [0.15, 0.2) is 17.8 Å². The van der Waals surface area contributed by atoms with Crippen LogP contribution in [-0.4, -0.2) is 47.3 Å². The topological polar surface area (TPSA) is 186 Å². The molecule has 0 aliphatic heterocycles. The predicted molar refractivity (Wildman–Crippen MR) is 129 cm³/mol. The molecule has 4 rings (SSSR count). The number of amides is 1. The van der Waals surface area contributed by atoms with E-state index in [2.05, 4.69) is 19.7 Å². The Balaban J connectivity index is 1.83. The number of primary amides is 1. The van der Waals surface area contributed by atoms with Crippen LogP contribution in [0.15, 0.2) is 53.3 Å². The maximum Gasteiger partial charge on any atom is 0.418 e. The van der Waals surface area contributed by atoms with Gasteiger partial charge in [-0.1, -0.05) is 23.7 Å². The van der Waals surface area contributed by atoms with Crippen LogP contribution in [0, 0.1) is 0 Å². The first-order chi connectivity index (χ1) is 19.8. The van der Waals surface area contributed by atoms with Crippen LogP contribution < -0.4 is 21.2 Å². The maximum atomic E-state index is 13.6. The van der Waals surface area contributed by atoms with Gasteiger partial charge in [-0.25, -0.2) is 19.1 Å². The number of carbonyl (C=O) groups excluding carboxylic acids is 1. The van der Waals surface area contributed by atoms with Crippen molar-refractivity contribution in [2.45, 2.75) is 31.5 Å². The van der Waals surface area contributed by atoms with Crippen molar-refractivity contribution in [2.75, 3.05) is 0 Å². The van der Waals surface area contributed by atoms with Crippen molar-refractivity contribution < 1.29 is 50.0 Å². The molecule has 0 fully saturated rings. The van der Waals surface area contributed by atoms with Crippen molar-refractivity contribution in [3.63, 3.8) is 0 Å². The van der Waals surface area contributed by atoms with Crippen molar-refractivity contribution in [2.24, 2.45) is 5.73 Å². The summed E-state index contributed by atoms with van der Waals surface area (Å²) in [4.78, 5) is 51.0. The highest BCUT2D eigenvalue weighted by Crippen LogP contribution is 2.36. The van der Waals surface area contributed by atoms with Gasteiger partial charge in [0.25, 0.3) is 5.91 Å². The van der Waals surface area contributed by atoms with Crippen LogP contribution in [0.5, 0.6) is 0 Å². The van der Waals surface area contributed by atoms with Crippen molar-refractivity contribution >= 4 is 25.3 Å². The minimum Gasteiger partial charge on any atom is -0.790 e. The summed E-state index contributed by atoms with van der Waals surface area (Å²) in [6.07, 6.45) is -13.6. The molecule has 1 amide bonds. The molecule has 2 aromatic heterocycles. The Labute approximate surface area is 240 Å². The highest BCUT2D eigenvalue weighted by molar-refractivity contribution is 7.43. The largest absolute Gasteiger partial charge is 0.790 e. The number of aromatic nitrogens is 6. The minimum absolute atomic E-state index is 0.00372. The van der Waals surface area contributed by atoms with Gasteiger partial charge >= 0.3 is 18.0 Å². The smallest absolute Gasteiger partial charge is 0.418 e. The number of carbonyl (C=O) groups is 1. The highest BCUT2D eigenvalue weighted by Gasteiger charge is 2.43.